The maximum absolute atomic E-state index is 14.5. The van der Waals surface area contributed by atoms with E-state index in [-0.39, 0.29) is 23.8 Å². The number of aryl methyl sites for hydroxylation is 1. The number of nitrogens with one attached hydrogen (secondary N) is 1. The lowest BCUT2D eigenvalue weighted by Gasteiger charge is -2.35. The third kappa shape index (κ3) is 8.71. The summed E-state index contributed by atoms with van der Waals surface area (Å²) in [6.07, 6.45) is 0.246. The van der Waals surface area contributed by atoms with Crippen LogP contribution >= 0.6 is 11.6 Å². The van der Waals surface area contributed by atoms with Gasteiger partial charge in [-0.2, -0.15) is 0 Å². The molecule has 0 bridgehead atoms. The van der Waals surface area contributed by atoms with Gasteiger partial charge < -0.3 is 10.2 Å². The molecule has 1 N–H and O–H groups in total. The molecule has 4 aromatic rings. The zero-order valence-electron chi connectivity index (χ0n) is 25.4. The van der Waals surface area contributed by atoms with Crippen LogP contribution in [0.2, 0.25) is 5.02 Å². The van der Waals surface area contributed by atoms with Crippen LogP contribution in [0, 0.1) is 6.92 Å². The fraction of sp³-hybridized carbons (Fsp3) is 0.257. The lowest BCUT2D eigenvalue weighted by Crippen LogP contribution is -2.56. The number of rotatable bonds is 11. The summed E-state index contributed by atoms with van der Waals surface area (Å²) in [7, 11) is -4.19. The molecule has 2 amide bonds. The largest absolute Gasteiger partial charge is 0.350 e. The van der Waals surface area contributed by atoms with E-state index in [1.54, 1.807) is 30.3 Å². The molecule has 0 aliphatic heterocycles. The topological polar surface area (TPSA) is 86.8 Å². The Labute approximate surface area is 265 Å². The number of carbonyl (C=O) groups is 2. The number of nitrogens with zero attached hydrogens (tertiary/aromatic N) is 2. The van der Waals surface area contributed by atoms with Gasteiger partial charge in [0.2, 0.25) is 11.8 Å². The van der Waals surface area contributed by atoms with Crippen LogP contribution in [0.5, 0.6) is 0 Å². The molecule has 4 aromatic carbocycles. The highest BCUT2D eigenvalue weighted by atomic mass is 35.5. The Balaban J connectivity index is 1.80. The standard InChI is InChI=1S/C35H38ClN3O4S/c1-26-12-11-15-28(22-26)24-38(32(34(41)37-35(2,3)4)23-27-13-7-5-8-14-27)33(40)25-39(30-16-9-6-10-17-30)44(42,43)31-20-18-29(36)19-21-31/h5-22,32H,23-25H2,1-4H3,(H,37,41). The molecular formula is C35H38ClN3O4S. The number of hydrogen-bond acceptors (Lipinski definition) is 4. The Morgan fingerprint density at radius 2 is 1.41 bits per heavy atom. The van der Waals surface area contributed by atoms with Gasteiger partial charge in [0.05, 0.1) is 10.6 Å². The summed E-state index contributed by atoms with van der Waals surface area (Å²) in [5.41, 5.74) is 2.47. The van der Waals surface area contributed by atoms with E-state index in [9.17, 15) is 18.0 Å². The van der Waals surface area contributed by atoms with E-state index in [4.69, 9.17) is 11.6 Å². The third-order valence-electron chi connectivity index (χ3n) is 6.93. The van der Waals surface area contributed by atoms with Gasteiger partial charge in [-0.1, -0.05) is 90.0 Å². The van der Waals surface area contributed by atoms with Crippen LogP contribution in [0.3, 0.4) is 0 Å². The molecule has 0 aromatic heterocycles. The number of halogens is 1. The van der Waals surface area contributed by atoms with Gasteiger partial charge >= 0.3 is 0 Å². The average Bonchev–Trinajstić information content (AvgIpc) is 2.98. The highest BCUT2D eigenvalue weighted by Gasteiger charge is 2.35. The number of sulfonamides is 1. The molecule has 44 heavy (non-hydrogen) atoms. The van der Waals surface area contributed by atoms with Crippen molar-refractivity contribution in [2.24, 2.45) is 0 Å². The Morgan fingerprint density at radius 3 is 2.00 bits per heavy atom. The minimum Gasteiger partial charge on any atom is -0.350 e. The summed E-state index contributed by atoms with van der Waals surface area (Å²) in [6, 6.07) is 30.6. The van der Waals surface area contributed by atoms with E-state index in [2.05, 4.69) is 5.32 Å². The molecule has 0 aliphatic rings. The fourth-order valence-corrected chi connectivity index (χ4v) is 6.41. The Bertz CT molecular complexity index is 1670. The Hall–Kier alpha value is -4.14. The second-order valence-corrected chi connectivity index (χ2v) is 14.1. The van der Waals surface area contributed by atoms with Gasteiger partial charge in [0.1, 0.15) is 12.6 Å². The van der Waals surface area contributed by atoms with Gasteiger partial charge in [0.15, 0.2) is 0 Å². The first-order valence-corrected chi connectivity index (χ1v) is 16.2. The molecule has 1 atom stereocenters. The van der Waals surface area contributed by atoms with Crippen molar-refractivity contribution in [2.45, 2.75) is 57.1 Å². The van der Waals surface area contributed by atoms with Crippen LogP contribution in [0.25, 0.3) is 0 Å². The number of benzene rings is 4. The molecule has 9 heteroatoms. The number of anilines is 1. The zero-order valence-corrected chi connectivity index (χ0v) is 27.0. The van der Waals surface area contributed by atoms with Gasteiger partial charge in [0, 0.05) is 23.5 Å². The van der Waals surface area contributed by atoms with Crippen molar-refractivity contribution >= 4 is 39.1 Å². The zero-order chi connectivity index (χ0) is 31.9. The second-order valence-electron chi connectivity index (χ2n) is 11.8. The molecule has 0 aliphatic carbocycles. The third-order valence-corrected chi connectivity index (χ3v) is 8.97. The molecule has 0 saturated carbocycles. The quantitative estimate of drug-likeness (QED) is 0.208. The van der Waals surface area contributed by atoms with Gasteiger partial charge in [-0.15, -0.1) is 0 Å². The van der Waals surface area contributed by atoms with Gasteiger partial charge in [0.25, 0.3) is 10.0 Å². The van der Waals surface area contributed by atoms with Crippen LogP contribution in [-0.2, 0) is 32.6 Å². The van der Waals surface area contributed by atoms with Crippen molar-refractivity contribution in [3.05, 3.63) is 131 Å². The predicted octanol–water partition coefficient (Wildman–Crippen LogP) is 6.40. The van der Waals surface area contributed by atoms with Gasteiger partial charge in [-0.3, -0.25) is 13.9 Å². The molecular weight excluding hydrogens is 594 g/mol. The van der Waals surface area contributed by atoms with Crippen LogP contribution in [0.1, 0.15) is 37.5 Å². The lowest BCUT2D eigenvalue weighted by molar-refractivity contribution is -0.140. The summed E-state index contributed by atoms with van der Waals surface area (Å²) in [5, 5.41) is 3.43. The second kappa shape index (κ2) is 14.1. The van der Waals surface area contributed by atoms with E-state index in [0.717, 1.165) is 21.0 Å². The van der Waals surface area contributed by atoms with Crippen molar-refractivity contribution in [3.8, 4) is 0 Å². The van der Waals surface area contributed by atoms with Crippen molar-refractivity contribution in [1.29, 1.82) is 0 Å². The van der Waals surface area contributed by atoms with Gasteiger partial charge in [-0.25, -0.2) is 8.42 Å². The molecule has 0 fully saturated rings. The smallest absolute Gasteiger partial charge is 0.264 e. The monoisotopic (exact) mass is 631 g/mol. The SMILES string of the molecule is Cc1cccc(CN(C(=O)CN(c2ccccc2)S(=O)(=O)c2ccc(Cl)cc2)C(Cc2ccccc2)C(=O)NC(C)(C)C)c1. The molecule has 1 unspecified atom stereocenters. The van der Waals surface area contributed by atoms with Gasteiger partial charge in [-0.05, 0) is 75.2 Å². The fourth-order valence-electron chi connectivity index (χ4n) is 4.87. The van der Waals surface area contributed by atoms with E-state index in [1.807, 2.05) is 82.3 Å². The normalized spacial score (nSPS) is 12.3. The summed E-state index contributed by atoms with van der Waals surface area (Å²) in [5.74, 6) is -0.841. The highest BCUT2D eigenvalue weighted by Crippen LogP contribution is 2.26. The Kier molecular flexibility index (Phi) is 10.5. The molecule has 230 valence electrons. The van der Waals surface area contributed by atoms with E-state index in [1.165, 1.54) is 29.2 Å². The predicted molar refractivity (Wildman–Crippen MR) is 176 cm³/mol. The van der Waals surface area contributed by atoms with Crippen LogP contribution in [0.15, 0.2) is 114 Å². The maximum Gasteiger partial charge on any atom is 0.264 e. The van der Waals surface area contributed by atoms with Crippen molar-refractivity contribution in [1.82, 2.24) is 10.2 Å². The minimum absolute atomic E-state index is 0.00454. The molecule has 0 saturated heterocycles. The van der Waals surface area contributed by atoms with E-state index < -0.39 is 34.1 Å². The summed E-state index contributed by atoms with van der Waals surface area (Å²) in [4.78, 5) is 29.9. The van der Waals surface area contributed by atoms with E-state index in [0.29, 0.717) is 10.7 Å². The van der Waals surface area contributed by atoms with Crippen LogP contribution in [-0.4, -0.2) is 43.3 Å². The summed E-state index contributed by atoms with van der Waals surface area (Å²) >= 11 is 6.04. The number of hydrogen-bond donors (Lipinski definition) is 1. The van der Waals surface area contributed by atoms with Crippen molar-refractivity contribution in [3.63, 3.8) is 0 Å². The van der Waals surface area contributed by atoms with E-state index >= 15 is 0 Å². The first kappa shape index (κ1) is 32.8. The summed E-state index contributed by atoms with van der Waals surface area (Å²) in [6.45, 7) is 7.19. The molecule has 0 spiro atoms. The first-order valence-electron chi connectivity index (χ1n) is 14.4. The number of carbonyl (C=O) groups excluding carboxylic acids is 2. The Morgan fingerprint density at radius 1 is 0.818 bits per heavy atom. The molecule has 4 rings (SSSR count). The molecule has 7 nitrogen and oxygen atoms in total. The van der Waals surface area contributed by atoms with Crippen LogP contribution in [0.4, 0.5) is 5.69 Å². The number of para-hydroxylation sites is 1. The summed E-state index contributed by atoms with van der Waals surface area (Å²) < 4.78 is 29.1. The highest BCUT2D eigenvalue weighted by molar-refractivity contribution is 7.92. The average molecular weight is 632 g/mol. The first-order chi connectivity index (χ1) is 20.8. The van der Waals surface area contributed by atoms with Crippen LogP contribution < -0.4 is 9.62 Å². The molecule has 0 radical (unpaired) electrons. The minimum atomic E-state index is -4.19. The van der Waals surface area contributed by atoms with Crippen molar-refractivity contribution < 1.29 is 18.0 Å². The maximum atomic E-state index is 14.5. The van der Waals surface area contributed by atoms with Crippen molar-refractivity contribution in [2.75, 3.05) is 10.8 Å². The number of amides is 2. The molecule has 0 heterocycles. The lowest BCUT2D eigenvalue weighted by atomic mass is 10.0.